The van der Waals surface area contributed by atoms with Gasteiger partial charge in [-0.25, -0.2) is 0 Å². The van der Waals surface area contributed by atoms with Gasteiger partial charge in [-0.1, -0.05) is 30.3 Å². The highest BCUT2D eigenvalue weighted by molar-refractivity contribution is 5.95. The number of furan rings is 1. The molecule has 1 fully saturated rings. The second kappa shape index (κ2) is 6.14. The third kappa shape index (κ3) is 3.00. The normalized spacial score (nSPS) is 21.4. The van der Waals surface area contributed by atoms with Crippen LogP contribution in [0, 0.1) is 12.8 Å². The summed E-state index contributed by atoms with van der Waals surface area (Å²) in [6.45, 7) is 3.15. The molecule has 0 bridgehead atoms. The van der Waals surface area contributed by atoms with E-state index >= 15 is 0 Å². The van der Waals surface area contributed by atoms with Crippen molar-refractivity contribution in [3.8, 4) is 0 Å². The Morgan fingerprint density at radius 2 is 2.10 bits per heavy atom. The first-order valence-electron chi connectivity index (χ1n) is 7.24. The minimum Gasteiger partial charge on any atom is -0.469 e. The van der Waals surface area contributed by atoms with Gasteiger partial charge in [0.15, 0.2) is 0 Å². The average molecular weight is 285 g/mol. The lowest BCUT2D eigenvalue weighted by molar-refractivity contribution is 0.0845. The van der Waals surface area contributed by atoms with E-state index in [1.54, 1.807) is 13.0 Å². The minimum absolute atomic E-state index is 0.0666. The highest BCUT2D eigenvalue weighted by Gasteiger charge is 2.30. The fraction of sp³-hybridized carbons (Fsp3) is 0.353. The molecule has 1 aromatic carbocycles. The third-order valence-corrected chi connectivity index (χ3v) is 3.97. The Morgan fingerprint density at radius 1 is 1.29 bits per heavy atom. The van der Waals surface area contributed by atoms with Crippen molar-refractivity contribution in [2.75, 3.05) is 13.2 Å². The van der Waals surface area contributed by atoms with Crippen LogP contribution in [0.25, 0.3) is 0 Å². The molecule has 1 N–H and O–H groups in total. The second-order valence-corrected chi connectivity index (χ2v) is 5.35. The Labute approximate surface area is 124 Å². The van der Waals surface area contributed by atoms with Gasteiger partial charge in [-0.05, 0) is 25.0 Å². The molecule has 0 aliphatic carbocycles. The molecule has 1 aromatic heterocycles. The van der Waals surface area contributed by atoms with Gasteiger partial charge in [-0.3, -0.25) is 4.79 Å². The molecule has 0 radical (unpaired) electrons. The summed E-state index contributed by atoms with van der Waals surface area (Å²) >= 11 is 0. The Bertz CT molecular complexity index is 606. The van der Waals surface area contributed by atoms with Gasteiger partial charge in [0.2, 0.25) is 0 Å². The topological polar surface area (TPSA) is 51.5 Å². The number of amides is 1. The molecule has 0 spiro atoms. The summed E-state index contributed by atoms with van der Waals surface area (Å²) in [4.78, 5) is 12.1. The number of ether oxygens (including phenoxy) is 1. The van der Waals surface area contributed by atoms with Crippen LogP contribution in [-0.4, -0.2) is 19.1 Å². The van der Waals surface area contributed by atoms with E-state index in [0.717, 1.165) is 13.0 Å². The molecule has 1 aliphatic rings. The minimum atomic E-state index is -0.0834. The van der Waals surface area contributed by atoms with Crippen molar-refractivity contribution in [2.45, 2.75) is 19.4 Å². The average Bonchev–Trinajstić information content (AvgIpc) is 3.14. The summed E-state index contributed by atoms with van der Waals surface area (Å²) in [5, 5.41) is 2.99. The number of carbonyl (C=O) groups is 1. The lowest BCUT2D eigenvalue weighted by Gasteiger charge is -2.19. The predicted molar refractivity (Wildman–Crippen MR) is 79.0 cm³/mol. The van der Waals surface area contributed by atoms with Crippen LogP contribution < -0.4 is 5.32 Å². The van der Waals surface area contributed by atoms with Gasteiger partial charge < -0.3 is 14.5 Å². The molecule has 4 nitrogen and oxygen atoms in total. The van der Waals surface area contributed by atoms with Gasteiger partial charge in [0.05, 0.1) is 17.9 Å². The fourth-order valence-corrected chi connectivity index (χ4v) is 2.79. The van der Waals surface area contributed by atoms with Crippen LogP contribution in [0.2, 0.25) is 0 Å². The van der Waals surface area contributed by atoms with Crippen molar-refractivity contribution >= 4 is 5.91 Å². The highest BCUT2D eigenvalue weighted by Crippen LogP contribution is 2.33. The van der Waals surface area contributed by atoms with E-state index in [-0.39, 0.29) is 12.0 Å². The zero-order chi connectivity index (χ0) is 14.7. The number of hydrogen-bond acceptors (Lipinski definition) is 3. The van der Waals surface area contributed by atoms with Gasteiger partial charge in [-0.15, -0.1) is 0 Å². The van der Waals surface area contributed by atoms with Crippen LogP contribution in [0.15, 0.2) is 47.1 Å². The summed E-state index contributed by atoms with van der Waals surface area (Å²) < 4.78 is 11.0. The lowest BCUT2D eigenvalue weighted by atomic mass is 9.95. The zero-order valence-electron chi connectivity index (χ0n) is 12.0. The Balaban J connectivity index is 1.62. The van der Waals surface area contributed by atoms with Gasteiger partial charge in [0.25, 0.3) is 5.91 Å². The highest BCUT2D eigenvalue weighted by atomic mass is 16.5. The maximum atomic E-state index is 12.1. The fourth-order valence-electron chi connectivity index (χ4n) is 2.79. The quantitative estimate of drug-likeness (QED) is 0.939. The second-order valence-electron chi connectivity index (χ2n) is 5.35. The van der Waals surface area contributed by atoms with E-state index in [0.29, 0.717) is 23.8 Å². The first-order valence-corrected chi connectivity index (χ1v) is 7.24. The molecule has 2 aromatic rings. The van der Waals surface area contributed by atoms with Crippen molar-refractivity contribution in [1.29, 1.82) is 0 Å². The number of rotatable bonds is 4. The maximum Gasteiger partial charge on any atom is 0.254 e. The Kier molecular flexibility index (Phi) is 4.06. The van der Waals surface area contributed by atoms with Crippen LogP contribution >= 0.6 is 0 Å². The molecule has 21 heavy (non-hydrogen) atoms. The standard InChI is InChI=1S/C17H19NO3/c1-12-15(8-10-20-12)17(19)18-11-14-7-9-21-16(14)13-5-3-2-4-6-13/h2-6,8,10,14,16H,7,9,11H2,1H3,(H,18,19)/t14-,16-/m0/s1. The van der Waals surface area contributed by atoms with Gasteiger partial charge >= 0.3 is 0 Å². The summed E-state index contributed by atoms with van der Waals surface area (Å²) in [5.74, 6) is 0.873. The first kappa shape index (κ1) is 13.9. The summed E-state index contributed by atoms with van der Waals surface area (Å²) in [7, 11) is 0. The smallest absolute Gasteiger partial charge is 0.254 e. The Morgan fingerprint density at radius 3 is 2.81 bits per heavy atom. The van der Waals surface area contributed by atoms with E-state index in [4.69, 9.17) is 9.15 Å². The van der Waals surface area contributed by atoms with E-state index < -0.39 is 0 Å². The number of carbonyl (C=O) groups excluding carboxylic acids is 1. The van der Waals surface area contributed by atoms with Crippen LogP contribution in [0.4, 0.5) is 0 Å². The number of hydrogen-bond donors (Lipinski definition) is 1. The molecule has 4 heteroatoms. The van der Waals surface area contributed by atoms with Crippen molar-refractivity contribution in [3.63, 3.8) is 0 Å². The van der Waals surface area contributed by atoms with Crippen molar-refractivity contribution in [1.82, 2.24) is 5.32 Å². The van der Waals surface area contributed by atoms with E-state index in [9.17, 15) is 4.79 Å². The molecule has 3 rings (SSSR count). The number of aryl methyl sites for hydroxylation is 1. The van der Waals surface area contributed by atoms with Crippen LogP contribution in [0.1, 0.15) is 34.2 Å². The molecule has 1 amide bonds. The molecule has 0 saturated carbocycles. The molecule has 2 heterocycles. The molecule has 110 valence electrons. The summed E-state index contributed by atoms with van der Waals surface area (Å²) in [6, 6.07) is 11.9. The molecule has 1 saturated heterocycles. The third-order valence-electron chi connectivity index (χ3n) is 3.97. The van der Waals surface area contributed by atoms with Crippen LogP contribution in [0.3, 0.4) is 0 Å². The van der Waals surface area contributed by atoms with Crippen molar-refractivity contribution in [3.05, 3.63) is 59.5 Å². The van der Waals surface area contributed by atoms with Crippen molar-refractivity contribution in [2.24, 2.45) is 5.92 Å². The monoisotopic (exact) mass is 285 g/mol. The summed E-state index contributed by atoms with van der Waals surface area (Å²) in [5.41, 5.74) is 1.78. The van der Waals surface area contributed by atoms with Crippen LogP contribution in [0.5, 0.6) is 0 Å². The molecule has 0 unspecified atom stereocenters. The predicted octanol–water partition coefficient (Wildman–Crippen LogP) is 3.10. The van der Waals surface area contributed by atoms with Gasteiger partial charge in [-0.2, -0.15) is 0 Å². The first-order chi connectivity index (χ1) is 10.3. The molecular formula is C17H19NO3. The Hall–Kier alpha value is -2.07. The van der Waals surface area contributed by atoms with Gasteiger partial charge in [0.1, 0.15) is 5.76 Å². The number of nitrogens with one attached hydrogen (secondary N) is 1. The lowest BCUT2D eigenvalue weighted by Crippen LogP contribution is -2.30. The van der Waals surface area contributed by atoms with Crippen LogP contribution in [-0.2, 0) is 4.74 Å². The largest absolute Gasteiger partial charge is 0.469 e. The van der Waals surface area contributed by atoms with Gasteiger partial charge in [0, 0.05) is 19.1 Å². The molecule has 1 aliphatic heterocycles. The van der Waals surface area contributed by atoms with E-state index in [1.807, 2.05) is 18.2 Å². The van der Waals surface area contributed by atoms with E-state index in [2.05, 4.69) is 17.4 Å². The summed E-state index contributed by atoms with van der Waals surface area (Å²) in [6.07, 6.45) is 2.57. The van der Waals surface area contributed by atoms with Crippen molar-refractivity contribution < 1.29 is 13.9 Å². The zero-order valence-corrected chi connectivity index (χ0v) is 12.0. The van der Waals surface area contributed by atoms with E-state index in [1.165, 1.54) is 11.8 Å². The molecule has 2 atom stereocenters. The molecular weight excluding hydrogens is 266 g/mol. The number of benzene rings is 1. The maximum absolute atomic E-state index is 12.1. The SMILES string of the molecule is Cc1occc1C(=O)NC[C@@H]1CCO[C@H]1c1ccccc1.